The van der Waals surface area contributed by atoms with Crippen LogP contribution in [0.3, 0.4) is 0 Å². The molecule has 0 saturated carbocycles. The molecule has 92 valence electrons. The SMILES string of the molecule is Cc1coc(SCC(C)CNC(C)(C)C)n1. The quantitative estimate of drug-likeness (QED) is 0.805. The van der Waals surface area contributed by atoms with E-state index in [1.807, 2.05) is 6.92 Å². The van der Waals surface area contributed by atoms with Crippen LogP contribution in [0.4, 0.5) is 0 Å². The molecular formula is C12H22N2OS. The highest BCUT2D eigenvalue weighted by Crippen LogP contribution is 2.19. The van der Waals surface area contributed by atoms with E-state index in [9.17, 15) is 0 Å². The molecule has 1 N–H and O–H groups in total. The molecule has 1 aromatic rings. The van der Waals surface area contributed by atoms with Crippen LogP contribution in [0, 0.1) is 12.8 Å². The van der Waals surface area contributed by atoms with Crippen molar-refractivity contribution in [3.63, 3.8) is 0 Å². The molecule has 0 aliphatic heterocycles. The average molecular weight is 242 g/mol. The second kappa shape index (κ2) is 5.73. The lowest BCUT2D eigenvalue weighted by Gasteiger charge is -2.23. The first-order valence-corrected chi connectivity index (χ1v) is 6.65. The summed E-state index contributed by atoms with van der Waals surface area (Å²) in [5, 5.41) is 4.28. The largest absolute Gasteiger partial charge is 0.440 e. The highest BCUT2D eigenvalue weighted by Gasteiger charge is 2.12. The maximum absolute atomic E-state index is 5.29. The molecule has 0 bridgehead atoms. The molecule has 0 spiro atoms. The lowest BCUT2D eigenvalue weighted by molar-refractivity contribution is 0.395. The molecule has 0 amide bonds. The topological polar surface area (TPSA) is 38.1 Å². The average Bonchev–Trinajstić information content (AvgIpc) is 2.57. The Morgan fingerprint density at radius 1 is 1.50 bits per heavy atom. The number of hydrogen-bond acceptors (Lipinski definition) is 4. The summed E-state index contributed by atoms with van der Waals surface area (Å²) < 4.78 is 5.29. The smallest absolute Gasteiger partial charge is 0.255 e. The van der Waals surface area contributed by atoms with E-state index in [4.69, 9.17) is 4.42 Å². The number of aryl methyl sites for hydroxylation is 1. The molecule has 1 rings (SSSR count). The van der Waals surface area contributed by atoms with Crippen LogP contribution in [0.15, 0.2) is 15.9 Å². The van der Waals surface area contributed by atoms with Crippen molar-refractivity contribution in [1.82, 2.24) is 10.3 Å². The van der Waals surface area contributed by atoms with Gasteiger partial charge in [-0.2, -0.15) is 0 Å². The second-order valence-electron chi connectivity index (χ2n) is 5.30. The number of rotatable bonds is 5. The van der Waals surface area contributed by atoms with Crippen LogP contribution in [-0.4, -0.2) is 22.8 Å². The number of oxazole rings is 1. The van der Waals surface area contributed by atoms with Crippen molar-refractivity contribution in [3.05, 3.63) is 12.0 Å². The van der Waals surface area contributed by atoms with Gasteiger partial charge in [0.1, 0.15) is 6.26 Å². The third-order valence-electron chi connectivity index (χ3n) is 2.07. The third-order valence-corrected chi connectivity index (χ3v) is 3.24. The van der Waals surface area contributed by atoms with Gasteiger partial charge in [0.15, 0.2) is 0 Å². The number of hydrogen-bond donors (Lipinski definition) is 1. The van der Waals surface area contributed by atoms with Crippen molar-refractivity contribution in [3.8, 4) is 0 Å². The Labute approximate surface area is 102 Å². The molecule has 3 nitrogen and oxygen atoms in total. The zero-order valence-corrected chi connectivity index (χ0v) is 11.6. The van der Waals surface area contributed by atoms with Crippen LogP contribution in [0.5, 0.6) is 0 Å². The van der Waals surface area contributed by atoms with Crippen molar-refractivity contribution in [2.24, 2.45) is 5.92 Å². The number of nitrogens with zero attached hydrogens (tertiary/aromatic N) is 1. The van der Waals surface area contributed by atoms with Crippen molar-refractivity contribution in [1.29, 1.82) is 0 Å². The predicted molar refractivity (Wildman–Crippen MR) is 68.9 cm³/mol. The van der Waals surface area contributed by atoms with Gasteiger partial charge in [0, 0.05) is 11.3 Å². The fourth-order valence-electron chi connectivity index (χ4n) is 1.15. The normalized spacial score (nSPS) is 14.1. The molecule has 1 aromatic heterocycles. The van der Waals surface area contributed by atoms with E-state index in [0.29, 0.717) is 5.92 Å². The Morgan fingerprint density at radius 2 is 2.19 bits per heavy atom. The predicted octanol–water partition coefficient (Wildman–Crippen LogP) is 3.10. The Morgan fingerprint density at radius 3 is 2.69 bits per heavy atom. The first-order chi connectivity index (χ1) is 7.37. The minimum absolute atomic E-state index is 0.193. The molecular weight excluding hydrogens is 220 g/mol. The van der Waals surface area contributed by atoms with Crippen LogP contribution in [-0.2, 0) is 0 Å². The van der Waals surface area contributed by atoms with Crippen molar-refractivity contribution in [2.45, 2.75) is 45.4 Å². The molecule has 0 radical (unpaired) electrons. The Balaban J connectivity index is 2.22. The molecule has 0 aliphatic rings. The molecule has 1 atom stereocenters. The highest BCUT2D eigenvalue weighted by atomic mass is 32.2. The zero-order chi connectivity index (χ0) is 12.2. The van der Waals surface area contributed by atoms with Gasteiger partial charge in [0.2, 0.25) is 0 Å². The first-order valence-electron chi connectivity index (χ1n) is 5.67. The maximum Gasteiger partial charge on any atom is 0.255 e. The minimum Gasteiger partial charge on any atom is -0.440 e. The maximum atomic E-state index is 5.29. The van der Waals surface area contributed by atoms with Crippen LogP contribution in [0.25, 0.3) is 0 Å². The summed E-state index contributed by atoms with van der Waals surface area (Å²) in [4.78, 5) is 4.27. The molecule has 0 saturated heterocycles. The van der Waals surface area contributed by atoms with Crippen molar-refractivity contribution < 1.29 is 4.42 Å². The van der Waals surface area contributed by atoms with Gasteiger partial charge in [0.05, 0.1) is 5.69 Å². The van der Waals surface area contributed by atoms with E-state index in [-0.39, 0.29) is 5.54 Å². The van der Waals surface area contributed by atoms with Gasteiger partial charge in [-0.1, -0.05) is 18.7 Å². The second-order valence-corrected chi connectivity index (χ2v) is 6.27. The van der Waals surface area contributed by atoms with Crippen LogP contribution in [0.1, 0.15) is 33.4 Å². The minimum atomic E-state index is 0.193. The number of aromatic nitrogens is 1. The standard InChI is InChI=1S/C12H22N2OS/c1-9(6-13-12(3,4)5)8-16-11-14-10(2)7-15-11/h7,9,13H,6,8H2,1-5H3. The summed E-state index contributed by atoms with van der Waals surface area (Å²) in [6.07, 6.45) is 1.69. The molecule has 0 aliphatic carbocycles. The van der Waals surface area contributed by atoms with E-state index >= 15 is 0 Å². The van der Waals surface area contributed by atoms with E-state index < -0.39 is 0 Å². The van der Waals surface area contributed by atoms with Crippen LogP contribution in [0.2, 0.25) is 0 Å². The van der Waals surface area contributed by atoms with Crippen LogP contribution >= 0.6 is 11.8 Å². The summed E-state index contributed by atoms with van der Waals surface area (Å²) in [5.41, 5.74) is 1.14. The van der Waals surface area contributed by atoms with Crippen molar-refractivity contribution >= 4 is 11.8 Å². The molecule has 0 fully saturated rings. The Bertz CT molecular complexity index is 317. The Kier molecular flexibility index (Phi) is 4.87. The fraction of sp³-hybridized carbons (Fsp3) is 0.750. The lowest BCUT2D eigenvalue weighted by atomic mass is 10.1. The third kappa shape index (κ3) is 5.56. The van der Waals surface area contributed by atoms with Crippen molar-refractivity contribution in [2.75, 3.05) is 12.3 Å². The molecule has 4 heteroatoms. The van der Waals surface area contributed by atoms with Gasteiger partial charge in [-0.05, 0) is 40.2 Å². The molecule has 16 heavy (non-hydrogen) atoms. The van der Waals surface area contributed by atoms with Gasteiger partial charge < -0.3 is 9.73 Å². The van der Waals surface area contributed by atoms with Crippen LogP contribution < -0.4 is 5.32 Å². The van der Waals surface area contributed by atoms with E-state index in [1.165, 1.54) is 0 Å². The molecule has 0 aromatic carbocycles. The van der Waals surface area contributed by atoms with Gasteiger partial charge >= 0.3 is 0 Å². The summed E-state index contributed by atoms with van der Waals surface area (Å²) in [7, 11) is 0. The zero-order valence-electron chi connectivity index (χ0n) is 10.8. The van der Waals surface area contributed by atoms with Gasteiger partial charge in [0.25, 0.3) is 5.22 Å². The van der Waals surface area contributed by atoms with E-state index in [0.717, 1.165) is 23.2 Å². The summed E-state index contributed by atoms with van der Waals surface area (Å²) in [6, 6.07) is 0. The first kappa shape index (κ1) is 13.6. The fourth-order valence-corrected chi connectivity index (χ4v) is 2.02. The number of nitrogens with one attached hydrogen (secondary N) is 1. The lowest BCUT2D eigenvalue weighted by Crippen LogP contribution is -2.39. The summed E-state index contributed by atoms with van der Waals surface area (Å²) in [5.74, 6) is 1.64. The van der Waals surface area contributed by atoms with Gasteiger partial charge in [-0.25, -0.2) is 4.98 Å². The molecule has 1 heterocycles. The highest BCUT2D eigenvalue weighted by molar-refractivity contribution is 7.99. The summed E-state index contributed by atoms with van der Waals surface area (Å²) in [6.45, 7) is 11.8. The number of thioether (sulfide) groups is 1. The molecule has 1 unspecified atom stereocenters. The van der Waals surface area contributed by atoms with E-state index in [1.54, 1.807) is 18.0 Å². The monoisotopic (exact) mass is 242 g/mol. The summed E-state index contributed by atoms with van der Waals surface area (Å²) >= 11 is 1.68. The van der Waals surface area contributed by atoms with Gasteiger partial charge in [-0.3, -0.25) is 0 Å². The Hall–Kier alpha value is -0.480. The van der Waals surface area contributed by atoms with E-state index in [2.05, 4.69) is 38.0 Å². The van der Waals surface area contributed by atoms with Gasteiger partial charge in [-0.15, -0.1) is 0 Å².